The van der Waals surface area contributed by atoms with Gasteiger partial charge in [-0.2, -0.15) is 0 Å². The molecule has 0 bridgehead atoms. The lowest BCUT2D eigenvalue weighted by Gasteiger charge is -2.20. The average Bonchev–Trinajstić information content (AvgIpc) is 2.39. The first-order valence-electron chi connectivity index (χ1n) is 7.37. The summed E-state index contributed by atoms with van der Waals surface area (Å²) in [5, 5.41) is 0. The van der Waals surface area contributed by atoms with Gasteiger partial charge in [0.05, 0.1) is 0 Å². The van der Waals surface area contributed by atoms with Gasteiger partial charge >= 0.3 is 0 Å². The van der Waals surface area contributed by atoms with E-state index >= 15 is 0 Å². The zero-order valence-corrected chi connectivity index (χ0v) is 13.0. The van der Waals surface area contributed by atoms with Crippen molar-refractivity contribution >= 4 is 5.57 Å². The third-order valence-electron chi connectivity index (χ3n) is 4.14. The van der Waals surface area contributed by atoms with Gasteiger partial charge in [-0.1, -0.05) is 31.6 Å². The van der Waals surface area contributed by atoms with Crippen LogP contribution in [0.15, 0.2) is 17.7 Å². The van der Waals surface area contributed by atoms with Gasteiger partial charge in [-0.15, -0.1) is 0 Å². The fourth-order valence-electron chi connectivity index (χ4n) is 2.66. The van der Waals surface area contributed by atoms with Crippen LogP contribution in [0.3, 0.4) is 0 Å². The van der Waals surface area contributed by atoms with Crippen LogP contribution >= 0.6 is 0 Å². The van der Waals surface area contributed by atoms with Crippen molar-refractivity contribution in [3.8, 4) is 0 Å². The minimum atomic E-state index is 1.26. The standard InChI is InChI=1S/C16H22.C2H6/c1-11-7-5-6-8-15-14(4)12(2)9-10-16(15)13(11)3;1-2/h9-10H,5-8H2,1-4H3;1-2H3/b13-11-;. The smallest absolute Gasteiger partial charge is 0.0193 e. The Morgan fingerprint density at radius 1 is 0.833 bits per heavy atom. The van der Waals surface area contributed by atoms with Gasteiger partial charge < -0.3 is 0 Å². The number of allylic oxidation sites excluding steroid dienone is 2. The molecular formula is C18H28. The van der Waals surface area contributed by atoms with Crippen LogP contribution in [0.5, 0.6) is 0 Å². The minimum Gasteiger partial charge on any atom is -0.0698 e. The van der Waals surface area contributed by atoms with E-state index in [2.05, 4.69) is 39.8 Å². The van der Waals surface area contributed by atoms with E-state index in [0.717, 1.165) is 0 Å². The van der Waals surface area contributed by atoms with Crippen LogP contribution in [-0.4, -0.2) is 0 Å². The lowest BCUT2D eigenvalue weighted by molar-refractivity contribution is 0.719. The van der Waals surface area contributed by atoms with Crippen molar-refractivity contribution in [2.45, 2.75) is 67.2 Å². The summed E-state index contributed by atoms with van der Waals surface area (Å²) < 4.78 is 0. The summed E-state index contributed by atoms with van der Waals surface area (Å²) in [7, 11) is 0. The van der Waals surface area contributed by atoms with Crippen LogP contribution < -0.4 is 0 Å². The molecule has 0 fully saturated rings. The maximum atomic E-state index is 2.32. The normalized spacial score (nSPS) is 19.2. The first-order chi connectivity index (χ1) is 8.61. The Morgan fingerprint density at radius 2 is 1.44 bits per heavy atom. The third-order valence-corrected chi connectivity index (χ3v) is 4.14. The van der Waals surface area contributed by atoms with Crippen LogP contribution in [0.25, 0.3) is 5.57 Å². The van der Waals surface area contributed by atoms with Crippen LogP contribution in [-0.2, 0) is 6.42 Å². The van der Waals surface area contributed by atoms with Crippen molar-refractivity contribution in [1.82, 2.24) is 0 Å². The molecule has 0 radical (unpaired) electrons. The number of rotatable bonds is 0. The number of hydrogen-bond acceptors (Lipinski definition) is 0. The lowest BCUT2D eigenvalue weighted by atomic mass is 9.85. The predicted octanol–water partition coefficient (Wildman–Crippen LogP) is 5.85. The molecule has 18 heavy (non-hydrogen) atoms. The van der Waals surface area contributed by atoms with Gasteiger partial charge in [0.2, 0.25) is 0 Å². The highest BCUT2D eigenvalue weighted by molar-refractivity contribution is 5.71. The fourth-order valence-corrected chi connectivity index (χ4v) is 2.66. The predicted molar refractivity (Wildman–Crippen MR) is 83.1 cm³/mol. The zero-order chi connectivity index (χ0) is 13.7. The highest BCUT2D eigenvalue weighted by Crippen LogP contribution is 2.31. The maximum Gasteiger partial charge on any atom is -0.0193 e. The molecule has 0 atom stereocenters. The van der Waals surface area contributed by atoms with E-state index in [1.165, 1.54) is 47.9 Å². The topological polar surface area (TPSA) is 0 Å². The summed E-state index contributed by atoms with van der Waals surface area (Å²) in [5.74, 6) is 0. The van der Waals surface area contributed by atoms with Crippen LogP contribution in [0, 0.1) is 13.8 Å². The van der Waals surface area contributed by atoms with Crippen molar-refractivity contribution in [3.05, 3.63) is 40.0 Å². The van der Waals surface area contributed by atoms with E-state index in [4.69, 9.17) is 0 Å². The molecule has 0 heterocycles. The molecular weight excluding hydrogens is 216 g/mol. The molecule has 1 aromatic rings. The Kier molecular flexibility index (Phi) is 5.65. The SMILES string of the molecule is C/C1=C(\C)c2ccc(C)c(C)c2CCCC1.CC. The Balaban J connectivity index is 0.000000771. The van der Waals surface area contributed by atoms with Gasteiger partial charge in [-0.3, -0.25) is 0 Å². The van der Waals surface area contributed by atoms with Gasteiger partial charge in [0.1, 0.15) is 0 Å². The molecule has 0 spiro atoms. The van der Waals surface area contributed by atoms with Gasteiger partial charge in [0.15, 0.2) is 0 Å². The first kappa shape index (κ1) is 15.0. The summed E-state index contributed by atoms with van der Waals surface area (Å²) in [6, 6.07) is 4.59. The highest BCUT2D eigenvalue weighted by atomic mass is 14.2. The largest absolute Gasteiger partial charge is 0.0698 e. The molecule has 0 heteroatoms. The van der Waals surface area contributed by atoms with E-state index in [9.17, 15) is 0 Å². The summed E-state index contributed by atoms with van der Waals surface area (Å²) in [6.45, 7) is 13.1. The summed E-state index contributed by atoms with van der Waals surface area (Å²) in [5.41, 5.74) is 9.12. The molecule has 0 nitrogen and oxygen atoms in total. The average molecular weight is 244 g/mol. The second-order valence-corrected chi connectivity index (χ2v) is 5.15. The second kappa shape index (κ2) is 6.78. The van der Waals surface area contributed by atoms with E-state index in [0.29, 0.717) is 0 Å². The Bertz CT molecular complexity index is 436. The summed E-state index contributed by atoms with van der Waals surface area (Å²) >= 11 is 0. The maximum absolute atomic E-state index is 2.32. The number of fused-ring (bicyclic) bond motifs is 1. The summed E-state index contributed by atoms with van der Waals surface area (Å²) in [4.78, 5) is 0. The molecule has 1 aliphatic carbocycles. The number of aryl methyl sites for hydroxylation is 1. The van der Waals surface area contributed by atoms with Gasteiger partial charge in [0, 0.05) is 0 Å². The molecule has 1 aromatic carbocycles. The lowest BCUT2D eigenvalue weighted by Crippen LogP contribution is -2.02. The van der Waals surface area contributed by atoms with Gasteiger partial charge in [-0.05, 0) is 81.2 Å². The van der Waals surface area contributed by atoms with E-state index in [-0.39, 0.29) is 0 Å². The molecule has 0 N–H and O–H groups in total. The molecule has 0 saturated carbocycles. The number of hydrogen-bond donors (Lipinski definition) is 0. The molecule has 0 aliphatic heterocycles. The molecule has 0 amide bonds. The monoisotopic (exact) mass is 244 g/mol. The van der Waals surface area contributed by atoms with Crippen LogP contribution in [0.4, 0.5) is 0 Å². The Hall–Kier alpha value is -1.04. The second-order valence-electron chi connectivity index (χ2n) is 5.15. The van der Waals surface area contributed by atoms with Crippen molar-refractivity contribution in [3.63, 3.8) is 0 Å². The molecule has 2 rings (SSSR count). The van der Waals surface area contributed by atoms with Crippen LogP contribution in [0.2, 0.25) is 0 Å². The molecule has 0 unspecified atom stereocenters. The van der Waals surface area contributed by atoms with E-state index in [1.54, 1.807) is 11.1 Å². The Morgan fingerprint density at radius 3 is 2.11 bits per heavy atom. The number of benzene rings is 1. The van der Waals surface area contributed by atoms with E-state index in [1.807, 2.05) is 13.8 Å². The zero-order valence-electron chi connectivity index (χ0n) is 13.0. The molecule has 0 aromatic heterocycles. The molecule has 0 saturated heterocycles. The van der Waals surface area contributed by atoms with Gasteiger partial charge in [0.25, 0.3) is 0 Å². The third kappa shape index (κ3) is 3.04. The van der Waals surface area contributed by atoms with Crippen molar-refractivity contribution in [1.29, 1.82) is 0 Å². The van der Waals surface area contributed by atoms with Crippen LogP contribution in [0.1, 0.15) is 69.2 Å². The molecule has 100 valence electrons. The quantitative estimate of drug-likeness (QED) is 0.537. The van der Waals surface area contributed by atoms with Crippen molar-refractivity contribution < 1.29 is 0 Å². The first-order valence-corrected chi connectivity index (χ1v) is 7.37. The fraction of sp³-hybridized carbons (Fsp3) is 0.556. The molecule has 1 aliphatic rings. The minimum absolute atomic E-state index is 1.26. The highest BCUT2D eigenvalue weighted by Gasteiger charge is 2.13. The Labute approximate surface area is 113 Å². The van der Waals surface area contributed by atoms with Crippen molar-refractivity contribution in [2.75, 3.05) is 0 Å². The van der Waals surface area contributed by atoms with E-state index < -0.39 is 0 Å². The summed E-state index contributed by atoms with van der Waals surface area (Å²) in [6.07, 6.45) is 5.21. The van der Waals surface area contributed by atoms with Gasteiger partial charge in [-0.25, -0.2) is 0 Å². The van der Waals surface area contributed by atoms with Crippen molar-refractivity contribution in [2.24, 2.45) is 0 Å².